The van der Waals surface area contributed by atoms with Crippen molar-refractivity contribution in [2.75, 3.05) is 0 Å². The Labute approximate surface area is 115 Å². The third-order valence-electron chi connectivity index (χ3n) is 3.18. The van der Waals surface area contributed by atoms with Gasteiger partial charge in [-0.15, -0.1) is 6.58 Å². The zero-order valence-corrected chi connectivity index (χ0v) is 12.4. The van der Waals surface area contributed by atoms with Crippen LogP contribution in [0.3, 0.4) is 0 Å². The van der Waals surface area contributed by atoms with E-state index in [9.17, 15) is 9.59 Å². The number of hydrogen-bond acceptors (Lipinski definition) is 3. The van der Waals surface area contributed by atoms with Crippen molar-refractivity contribution in [3.63, 3.8) is 0 Å². The summed E-state index contributed by atoms with van der Waals surface area (Å²) in [6.07, 6.45) is 4.02. The molecule has 1 saturated heterocycles. The van der Waals surface area contributed by atoms with Gasteiger partial charge >= 0.3 is 6.09 Å². The second kappa shape index (κ2) is 6.22. The molecule has 0 N–H and O–H groups in total. The Kier molecular flexibility index (Phi) is 5.15. The van der Waals surface area contributed by atoms with E-state index in [4.69, 9.17) is 4.74 Å². The second-order valence-electron chi connectivity index (χ2n) is 6.31. The number of ether oxygens (including phenoxy) is 1. The summed E-state index contributed by atoms with van der Waals surface area (Å²) in [5.41, 5.74) is -0.589. The number of amides is 2. The van der Waals surface area contributed by atoms with Gasteiger partial charge in [0.05, 0.1) is 0 Å². The lowest BCUT2D eigenvalue weighted by Crippen LogP contribution is -2.46. The van der Waals surface area contributed by atoms with Crippen LogP contribution in [-0.2, 0) is 9.53 Å². The van der Waals surface area contributed by atoms with Crippen molar-refractivity contribution in [1.29, 1.82) is 0 Å². The van der Waals surface area contributed by atoms with Crippen LogP contribution >= 0.6 is 0 Å². The average molecular weight is 267 g/mol. The number of nitrogens with zero attached hydrogens (tertiary/aromatic N) is 1. The average Bonchev–Trinajstić information content (AvgIpc) is 2.35. The molecule has 1 aliphatic rings. The highest BCUT2D eigenvalue weighted by Crippen LogP contribution is 2.26. The van der Waals surface area contributed by atoms with Crippen molar-refractivity contribution >= 4 is 12.0 Å². The van der Waals surface area contributed by atoms with Gasteiger partial charge in [0.15, 0.2) is 0 Å². The molecule has 4 nitrogen and oxygen atoms in total. The van der Waals surface area contributed by atoms with Crippen LogP contribution in [0.2, 0.25) is 0 Å². The molecule has 2 amide bonds. The minimum Gasteiger partial charge on any atom is -0.443 e. The van der Waals surface area contributed by atoms with Crippen LogP contribution < -0.4 is 0 Å². The molecule has 0 aromatic carbocycles. The summed E-state index contributed by atoms with van der Waals surface area (Å²) >= 11 is 0. The first-order chi connectivity index (χ1) is 8.74. The van der Waals surface area contributed by atoms with Crippen LogP contribution in [0.1, 0.15) is 53.4 Å². The van der Waals surface area contributed by atoms with Gasteiger partial charge in [0, 0.05) is 12.5 Å². The first-order valence-corrected chi connectivity index (χ1v) is 6.90. The fourth-order valence-corrected chi connectivity index (χ4v) is 2.29. The molecule has 0 bridgehead atoms. The summed E-state index contributed by atoms with van der Waals surface area (Å²) in [5.74, 6) is 0.179. The summed E-state index contributed by atoms with van der Waals surface area (Å²) in [6, 6.07) is -0.121. The Morgan fingerprint density at radius 3 is 2.63 bits per heavy atom. The molecule has 2 unspecified atom stereocenters. The minimum absolute atomic E-state index is 0.121. The van der Waals surface area contributed by atoms with Crippen molar-refractivity contribution in [3.05, 3.63) is 12.7 Å². The molecule has 0 aromatic rings. The number of likely N-dealkylation sites (tertiary alicyclic amines) is 1. The highest BCUT2D eigenvalue weighted by atomic mass is 16.6. The highest BCUT2D eigenvalue weighted by Gasteiger charge is 2.35. The van der Waals surface area contributed by atoms with Crippen molar-refractivity contribution in [3.8, 4) is 0 Å². The van der Waals surface area contributed by atoms with E-state index in [1.165, 1.54) is 4.90 Å². The monoisotopic (exact) mass is 267 g/mol. The fraction of sp³-hybridized carbons (Fsp3) is 0.733. The zero-order valence-electron chi connectivity index (χ0n) is 12.4. The van der Waals surface area contributed by atoms with Crippen LogP contribution in [0.5, 0.6) is 0 Å². The summed E-state index contributed by atoms with van der Waals surface area (Å²) in [5, 5.41) is 0. The van der Waals surface area contributed by atoms with Gasteiger partial charge in [0.2, 0.25) is 5.91 Å². The molecule has 0 radical (unpaired) electrons. The Hall–Kier alpha value is -1.32. The first kappa shape index (κ1) is 15.7. The molecule has 0 spiro atoms. The van der Waals surface area contributed by atoms with Crippen molar-refractivity contribution in [1.82, 2.24) is 4.90 Å². The maximum atomic E-state index is 12.2. The molecular formula is C15H25NO3. The summed E-state index contributed by atoms with van der Waals surface area (Å²) < 4.78 is 5.35. The predicted molar refractivity (Wildman–Crippen MR) is 74.7 cm³/mol. The molecular weight excluding hydrogens is 242 g/mol. The van der Waals surface area contributed by atoms with Gasteiger partial charge in [-0.3, -0.25) is 4.79 Å². The van der Waals surface area contributed by atoms with E-state index in [-0.39, 0.29) is 11.9 Å². The Bertz CT molecular complexity index is 357. The zero-order chi connectivity index (χ0) is 14.6. The summed E-state index contributed by atoms with van der Waals surface area (Å²) in [6.45, 7) is 11.2. The standard InChI is InChI=1S/C15H25NO3/c1-6-7-12-9-8-11(2)10-13(17)16(12)14(18)19-15(3,4)5/h6,11-12H,1,7-10H2,2-5H3. The number of hydrogen-bond donors (Lipinski definition) is 0. The van der Waals surface area contributed by atoms with Gasteiger partial charge in [-0.1, -0.05) is 13.0 Å². The molecule has 19 heavy (non-hydrogen) atoms. The molecule has 2 atom stereocenters. The maximum Gasteiger partial charge on any atom is 0.417 e. The maximum absolute atomic E-state index is 12.2. The molecule has 4 heteroatoms. The third kappa shape index (κ3) is 4.69. The number of imide groups is 1. The molecule has 0 aromatic heterocycles. The van der Waals surface area contributed by atoms with E-state index < -0.39 is 11.7 Å². The summed E-state index contributed by atoms with van der Waals surface area (Å²) in [7, 11) is 0. The van der Waals surface area contributed by atoms with Crippen LogP contribution in [0.4, 0.5) is 4.79 Å². The van der Waals surface area contributed by atoms with Gasteiger partial charge in [0.1, 0.15) is 5.60 Å². The third-order valence-corrected chi connectivity index (χ3v) is 3.18. The molecule has 108 valence electrons. The van der Waals surface area contributed by atoms with E-state index in [0.717, 1.165) is 12.8 Å². The molecule has 1 aliphatic heterocycles. The van der Waals surface area contributed by atoms with Gasteiger partial charge in [0.25, 0.3) is 0 Å². The smallest absolute Gasteiger partial charge is 0.417 e. The van der Waals surface area contributed by atoms with Crippen molar-refractivity contribution in [2.45, 2.75) is 65.0 Å². The van der Waals surface area contributed by atoms with E-state index in [1.54, 1.807) is 26.8 Å². The van der Waals surface area contributed by atoms with Crippen molar-refractivity contribution < 1.29 is 14.3 Å². The van der Waals surface area contributed by atoms with Gasteiger partial charge in [-0.2, -0.15) is 0 Å². The Morgan fingerprint density at radius 2 is 2.11 bits per heavy atom. The number of carbonyl (C=O) groups excluding carboxylic acids is 2. The quantitative estimate of drug-likeness (QED) is 0.719. The minimum atomic E-state index is -0.589. The Balaban J connectivity index is 2.91. The first-order valence-electron chi connectivity index (χ1n) is 6.90. The lowest BCUT2D eigenvalue weighted by molar-refractivity contribution is -0.132. The number of rotatable bonds is 2. The lowest BCUT2D eigenvalue weighted by atomic mass is 10.0. The topological polar surface area (TPSA) is 46.6 Å². The normalized spacial score (nSPS) is 24.8. The van der Waals surface area contributed by atoms with E-state index in [0.29, 0.717) is 18.8 Å². The molecule has 1 heterocycles. The molecule has 1 rings (SSSR count). The van der Waals surface area contributed by atoms with Crippen LogP contribution in [0.25, 0.3) is 0 Å². The van der Waals surface area contributed by atoms with Gasteiger partial charge in [-0.25, -0.2) is 9.69 Å². The van der Waals surface area contributed by atoms with E-state index >= 15 is 0 Å². The van der Waals surface area contributed by atoms with Crippen LogP contribution in [0.15, 0.2) is 12.7 Å². The van der Waals surface area contributed by atoms with Gasteiger partial charge in [-0.05, 0) is 46.0 Å². The van der Waals surface area contributed by atoms with E-state index in [1.807, 2.05) is 6.92 Å². The second-order valence-corrected chi connectivity index (χ2v) is 6.31. The van der Waals surface area contributed by atoms with Crippen molar-refractivity contribution in [2.24, 2.45) is 5.92 Å². The lowest BCUT2D eigenvalue weighted by Gasteiger charge is -2.30. The van der Waals surface area contributed by atoms with Crippen LogP contribution in [-0.4, -0.2) is 28.5 Å². The van der Waals surface area contributed by atoms with Crippen LogP contribution in [0, 0.1) is 5.92 Å². The van der Waals surface area contributed by atoms with Gasteiger partial charge < -0.3 is 4.74 Å². The SMILES string of the molecule is C=CCC1CCC(C)CC(=O)N1C(=O)OC(C)(C)C. The largest absolute Gasteiger partial charge is 0.443 e. The molecule has 0 aliphatic carbocycles. The van der Waals surface area contributed by atoms with E-state index in [2.05, 4.69) is 6.58 Å². The molecule has 1 fully saturated rings. The Morgan fingerprint density at radius 1 is 1.47 bits per heavy atom. The fourth-order valence-electron chi connectivity index (χ4n) is 2.29. The predicted octanol–water partition coefficient (Wildman–Crippen LogP) is 3.51. The summed E-state index contributed by atoms with van der Waals surface area (Å²) in [4.78, 5) is 25.7. The number of carbonyl (C=O) groups is 2. The highest BCUT2D eigenvalue weighted by molar-refractivity contribution is 5.92. The molecule has 0 saturated carbocycles.